The Bertz CT molecular complexity index is 1460. The molecule has 10 heteroatoms. The van der Waals surface area contributed by atoms with E-state index in [4.69, 9.17) is 11.6 Å². The molecule has 0 bridgehead atoms. The van der Waals surface area contributed by atoms with Crippen molar-refractivity contribution in [2.75, 3.05) is 0 Å². The van der Waals surface area contributed by atoms with Crippen LogP contribution in [-0.2, 0) is 6.11 Å². The zero-order chi connectivity index (χ0) is 26.4. The molecule has 4 rings (SSSR count). The van der Waals surface area contributed by atoms with Crippen LogP contribution in [0.4, 0.5) is 35.1 Å². The SMILES string of the molecule is Cc1ccc(C(F)(F)Oc2ccc(-c3ccc(-c4cc(F)c(F)c(F)c4)c(F)c3)c(F)c2)c(Cl)c1F. The molecular formula is C26H13ClF8O. The van der Waals surface area contributed by atoms with Crippen LogP contribution >= 0.6 is 11.6 Å². The molecule has 0 aliphatic carbocycles. The van der Waals surface area contributed by atoms with Gasteiger partial charge in [-0.2, -0.15) is 8.78 Å². The Kier molecular flexibility index (Phi) is 6.70. The number of benzene rings is 4. The Balaban J connectivity index is 1.62. The van der Waals surface area contributed by atoms with Crippen LogP contribution < -0.4 is 4.74 Å². The summed E-state index contributed by atoms with van der Waals surface area (Å²) in [5.74, 6) is -8.46. The van der Waals surface area contributed by atoms with Crippen molar-refractivity contribution in [3.05, 3.63) is 112 Å². The summed E-state index contributed by atoms with van der Waals surface area (Å²) in [6.45, 7) is 1.34. The van der Waals surface area contributed by atoms with E-state index in [0.717, 1.165) is 36.4 Å². The van der Waals surface area contributed by atoms with E-state index >= 15 is 0 Å². The first kappa shape index (κ1) is 25.5. The van der Waals surface area contributed by atoms with Gasteiger partial charge in [0.15, 0.2) is 17.5 Å². The lowest BCUT2D eigenvalue weighted by molar-refractivity contribution is -0.185. The van der Waals surface area contributed by atoms with Crippen LogP contribution in [0.3, 0.4) is 0 Å². The van der Waals surface area contributed by atoms with Crippen LogP contribution in [0.2, 0.25) is 5.02 Å². The van der Waals surface area contributed by atoms with Gasteiger partial charge in [0.2, 0.25) is 0 Å². The number of ether oxygens (including phenoxy) is 1. The summed E-state index contributed by atoms with van der Waals surface area (Å²) in [6.07, 6.45) is -4.10. The van der Waals surface area contributed by atoms with E-state index in [2.05, 4.69) is 4.74 Å². The Labute approximate surface area is 204 Å². The van der Waals surface area contributed by atoms with E-state index in [-0.39, 0.29) is 27.8 Å². The molecule has 4 aromatic rings. The monoisotopic (exact) mass is 528 g/mol. The summed E-state index contributed by atoms with van der Waals surface area (Å²) in [5.41, 5.74) is -1.70. The zero-order valence-corrected chi connectivity index (χ0v) is 18.8. The van der Waals surface area contributed by atoms with Crippen molar-refractivity contribution in [3.63, 3.8) is 0 Å². The average Bonchev–Trinajstić information content (AvgIpc) is 2.80. The molecule has 4 aromatic carbocycles. The summed E-state index contributed by atoms with van der Waals surface area (Å²) in [7, 11) is 0. The Hall–Kier alpha value is -3.59. The number of hydrogen-bond acceptors (Lipinski definition) is 1. The Morgan fingerprint density at radius 1 is 0.639 bits per heavy atom. The second kappa shape index (κ2) is 9.46. The average molecular weight is 529 g/mol. The summed E-state index contributed by atoms with van der Waals surface area (Å²) in [5, 5.41) is -0.839. The number of alkyl halides is 2. The van der Waals surface area contributed by atoms with E-state index in [1.165, 1.54) is 13.0 Å². The fourth-order valence-corrected chi connectivity index (χ4v) is 3.82. The fraction of sp³-hybridized carbons (Fsp3) is 0.0769. The standard InChI is InChI=1S/C26H13ClF8O/c1-12-2-7-18(23(27)24(12)32)26(34,35)36-15-4-6-16(20(29)11-15)13-3-5-17(19(28)8-13)14-9-21(30)25(33)22(31)10-14/h2-11H,1H3. The van der Waals surface area contributed by atoms with Gasteiger partial charge in [0.25, 0.3) is 0 Å². The number of rotatable bonds is 5. The summed E-state index contributed by atoms with van der Waals surface area (Å²) < 4.78 is 117. The molecule has 186 valence electrons. The smallest absolute Gasteiger partial charge is 0.428 e. The van der Waals surface area contributed by atoms with E-state index in [1.807, 2.05) is 0 Å². The lowest BCUT2D eigenvalue weighted by Crippen LogP contribution is -2.23. The molecule has 0 atom stereocenters. The quantitative estimate of drug-likeness (QED) is 0.186. The summed E-state index contributed by atoms with van der Waals surface area (Å²) in [4.78, 5) is 0. The molecule has 0 spiro atoms. The molecule has 0 unspecified atom stereocenters. The molecule has 0 aliphatic heterocycles. The van der Waals surface area contributed by atoms with Crippen LogP contribution in [0.1, 0.15) is 11.1 Å². The molecule has 0 fully saturated rings. The minimum absolute atomic E-state index is 0.0289. The van der Waals surface area contributed by atoms with Gasteiger partial charge in [-0.25, -0.2) is 26.3 Å². The topological polar surface area (TPSA) is 9.23 Å². The first-order valence-electron chi connectivity index (χ1n) is 10.2. The summed E-state index contributed by atoms with van der Waals surface area (Å²) in [6, 6.07) is 9.02. The molecule has 0 amide bonds. The van der Waals surface area contributed by atoms with Crippen molar-refractivity contribution < 1.29 is 39.9 Å². The molecule has 0 aromatic heterocycles. The van der Waals surface area contributed by atoms with Gasteiger partial charge >= 0.3 is 6.11 Å². The lowest BCUT2D eigenvalue weighted by Gasteiger charge is -2.20. The molecule has 0 radical (unpaired) electrons. The van der Waals surface area contributed by atoms with E-state index in [0.29, 0.717) is 18.2 Å². The largest absolute Gasteiger partial charge is 0.429 e. The highest BCUT2D eigenvalue weighted by atomic mass is 35.5. The van der Waals surface area contributed by atoms with Crippen molar-refractivity contribution in [3.8, 4) is 28.0 Å². The van der Waals surface area contributed by atoms with Crippen LogP contribution in [-0.4, -0.2) is 0 Å². The molecule has 0 aliphatic rings. The minimum Gasteiger partial charge on any atom is -0.429 e. The predicted molar refractivity (Wildman–Crippen MR) is 118 cm³/mol. The van der Waals surface area contributed by atoms with Gasteiger partial charge in [-0.15, -0.1) is 0 Å². The normalized spacial score (nSPS) is 11.6. The molecule has 1 nitrogen and oxygen atoms in total. The first-order chi connectivity index (χ1) is 16.9. The minimum atomic E-state index is -4.10. The fourth-order valence-electron chi connectivity index (χ4n) is 3.49. The molecule has 0 saturated carbocycles. The number of aryl methyl sites for hydroxylation is 1. The number of halogens is 9. The third-order valence-electron chi connectivity index (χ3n) is 5.35. The van der Waals surface area contributed by atoms with E-state index in [1.54, 1.807) is 0 Å². The van der Waals surface area contributed by atoms with Gasteiger partial charge in [0.1, 0.15) is 23.2 Å². The summed E-state index contributed by atoms with van der Waals surface area (Å²) >= 11 is 5.68. The van der Waals surface area contributed by atoms with Crippen molar-refractivity contribution in [1.29, 1.82) is 0 Å². The van der Waals surface area contributed by atoms with Gasteiger partial charge < -0.3 is 4.74 Å². The van der Waals surface area contributed by atoms with Crippen LogP contribution in [0.25, 0.3) is 22.3 Å². The predicted octanol–water partition coefficient (Wildman–Crippen LogP) is 8.95. The second-order valence-electron chi connectivity index (χ2n) is 7.77. The molecule has 0 saturated heterocycles. The van der Waals surface area contributed by atoms with Gasteiger partial charge in [-0.3, -0.25) is 0 Å². The maximum absolute atomic E-state index is 14.7. The van der Waals surface area contributed by atoms with E-state index < -0.39 is 57.3 Å². The Morgan fingerprint density at radius 2 is 1.19 bits per heavy atom. The van der Waals surface area contributed by atoms with Gasteiger partial charge in [-0.05, 0) is 60.0 Å². The highest BCUT2D eigenvalue weighted by molar-refractivity contribution is 6.31. The van der Waals surface area contributed by atoms with Crippen LogP contribution in [0, 0.1) is 41.8 Å². The van der Waals surface area contributed by atoms with Gasteiger partial charge in [-0.1, -0.05) is 29.8 Å². The first-order valence-corrected chi connectivity index (χ1v) is 10.5. The molecule has 0 N–H and O–H groups in total. The highest BCUT2D eigenvalue weighted by Crippen LogP contribution is 2.39. The van der Waals surface area contributed by atoms with Crippen LogP contribution in [0.5, 0.6) is 5.75 Å². The third kappa shape index (κ3) is 4.75. The lowest BCUT2D eigenvalue weighted by atomic mass is 9.99. The molecule has 0 heterocycles. The zero-order valence-electron chi connectivity index (χ0n) is 18.1. The Morgan fingerprint density at radius 3 is 1.81 bits per heavy atom. The van der Waals surface area contributed by atoms with Crippen LogP contribution in [0.15, 0.2) is 60.7 Å². The maximum Gasteiger partial charge on any atom is 0.428 e. The highest BCUT2D eigenvalue weighted by Gasteiger charge is 2.38. The molecule has 36 heavy (non-hydrogen) atoms. The van der Waals surface area contributed by atoms with Gasteiger partial charge in [0, 0.05) is 17.2 Å². The third-order valence-corrected chi connectivity index (χ3v) is 5.72. The van der Waals surface area contributed by atoms with E-state index in [9.17, 15) is 35.1 Å². The van der Waals surface area contributed by atoms with Crippen molar-refractivity contribution in [1.82, 2.24) is 0 Å². The number of hydrogen-bond donors (Lipinski definition) is 0. The van der Waals surface area contributed by atoms with Crippen molar-refractivity contribution in [2.45, 2.75) is 13.0 Å². The second-order valence-corrected chi connectivity index (χ2v) is 8.14. The van der Waals surface area contributed by atoms with Crippen molar-refractivity contribution >= 4 is 11.6 Å². The molecular weight excluding hydrogens is 516 g/mol. The maximum atomic E-state index is 14.7. The van der Waals surface area contributed by atoms with Gasteiger partial charge in [0.05, 0.1) is 10.6 Å². The van der Waals surface area contributed by atoms with Crippen molar-refractivity contribution in [2.24, 2.45) is 0 Å².